The third kappa shape index (κ3) is 5.39. The first kappa shape index (κ1) is 21.7. The lowest BCUT2D eigenvalue weighted by molar-refractivity contribution is 0.0699. The Labute approximate surface area is 189 Å². The van der Waals surface area contributed by atoms with Gasteiger partial charge in [0.1, 0.15) is 5.70 Å². The van der Waals surface area contributed by atoms with Crippen molar-refractivity contribution in [2.45, 2.75) is 19.8 Å². The van der Waals surface area contributed by atoms with Crippen LogP contribution >= 0.6 is 0 Å². The summed E-state index contributed by atoms with van der Waals surface area (Å²) in [7, 11) is 0. The standard InChI is InChI=1S/C26H29N5O/c1-3-20(22-13-23(17-28-16-22)29-15-19-9-11-32-12-10-19)14-24(27-2)26-30-18-25(31-26)21-7-5-4-6-8-21/h3-8,13-14,16-19,29H,2,9-12,15H2,1H3,(H,30,31)/b20-3+,24-14-. The van der Waals surface area contributed by atoms with E-state index in [1.54, 1.807) is 0 Å². The van der Waals surface area contributed by atoms with Crippen LogP contribution in [0.15, 0.2) is 72.1 Å². The Kier molecular flexibility index (Phi) is 7.25. The molecule has 1 aliphatic heterocycles. The second-order valence-corrected chi connectivity index (χ2v) is 7.84. The van der Waals surface area contributed by atoms with E-state index >= 15 is 0 Å². The summed E-state index contributed by atoms with van der Waals surface area (Å²) in [6.45, 7) is 8.41. The van der Waals surface area contributed by atoms with E-state index in [1.807, 2.05) is 68.0 Å². The summed E-state index contributed by atoms with van der Waals surface area (Å²) in [5, 5.41) is 3.53. The number of aromatic amines is 1. The normalized spacial score (nSPS) is 15.5. The van der Waals surface area contributed by atoms with Crippen LogP contribution in [0, 0.1) is 5.92 Å². The molecule has 0 spiro atoms. The van der Waals surface area contributed by atoms with Crippen molar-refractivity contribution >= 4 is 23.7 Å². The number of rotatable bonds is 8. The number of imidazole rings is 1. The van der Waals surface area contributed by atoms with Gasteiger partial charge in [-0.1, -0.05) is 36.4 Å². The zero-order chi connectivity index (χ0) is 22.2. The van der Waals surface area contributed by atoms with Crippen LogP contribution in [0.25, 0.3) is 22.5 Å². The van der Waals surface area contributed by atoms with Crippen LogP contribution in [-0.2, 0) is 4.74 Å². The zero-order valence-corrected chi connectivity index (χ0v) is 18.4. The maximum absolute atomic E-state index is 5.45. The molecule has 3 heterocycles. The second kappa shape index (κ2) is 10.7. The summed E-state index contributed by atoms with van der Waals surface area (Å²) in [4.78, 5) is 16.5. The molecule has 6 nitrogen and oxygen atoms in total. The van der Waals surface area contributed by atoms with E-state index in [0.29, 0.717) is 17.4 Å². The van der Waals surface area contributed by atoms with E-state index in [1.165, 1.54) is 0 Å². The molecule has 0 aliphatic carbocycles. The number of nitrogens with zero attached hydrogens (tertiary/aromatic N) is 3. The molecule has 1 fully saturated rings. The molecule has 0 bridgehead atoms. The van der Waals surface area contributed by atoms with Crippen molar-refractivity contribution in [1.82, 2.24) is 15.0 Å². The summed E-state index contributed by atoms with van der Waals surface area (Å²) in [5.41, 5.74) is 5.74. The molecule has 32 heavy (non-hydrogen) atoms. The second-order valence-electron chi connectivity index (χ2n) is 7.84. The summed E-state index contributed by atoms with van der Waals surface area (Å²) in [6, 6.07) is 12.2. The summed E-state index contributed by atoms with van der Waals surface area (Å²) < 4.78 is 5.45. The Morgan fingerprint density at radius 3 is 2.78 bits per heavy atom. The van der Waals surface area contributed by atoms with Gasteiger partial charge in [0.25, 0.3) is 0 Å². The third-order valence-electron chi connectivity index (χ3n) is 5.68. The zero-order valence-electron chi connectivity index (χ0n) is 18.4. The van der Waals surface area contributed by atoms with Crippen LogP contribution in [0.2, 0.25) is 0 Å². The van der Waals surface area contributed by atoms with E-state index in [4.69, 9.17) is 4.74 Å². The number of pyridine rings is 1. The monoisotopic (exact) mass is 427 g/mol. The molecular formula is C26H29N5O. The molecule has 0 saturated carbocycles. The van der Waals surface area contributed by atoms with Gasteiger partial charge >= 0.3 is 0 Å². The lowest BCUT2D eigenvalue weighted by atomic mass is 10.0. The van der Waals surface area contributed by atoms with Crippen molar-refractivity contribution in [2.24, 2.45) is 10.9 Å². The smallest absolute Gasteiger partial charge is 0.156 e. The number of anilines is 1. The van der Waals surface area contributed by atoms with Crippen molar-refractivity contribution in [3.63, 3.8) is 0 Å². The fraction of sp³-hybridized carbons (Fsp3) is 0.269. The molecule has 4 rings (SSSR count). The number of aliphatic imine (C=N–C) groups is 1. The summed E-state index contributed by atoms with van der Waals surface area (Å²) in [6.07, 6.45) is 11.8. The molecule has 2 aromatic heterocycles. The minimum Gasteiger partial charge on any atom is -0.384 e. The number of hydrogen-bond donors (Lipinski definition) is 2. The molecule has 1 aromatic carbocycles. The van der Waals surface area contributed by atoms with Crippen LogP contribution in [0.4, 0.5) is 5.69 Å². The third-order valence-corrected chi connectivity index (χ3v) is 5.68. The van der Waals surface area contributed by atoms with Gasteiger partial charge in [-0.25, -0.2) is 4.98 Å². The average molecular weight is 428 g/mol. The van der Waals surface area contributed by atoms with E-state index < -0.39 is 0 Å². The minimum absolute atomic E-state index is 0.642. The van der Waals surface area contributed by atoms with Gasteiger partial charge in [-0.3, -0.25) is 9.98 Å². The molecule has 6 heteroatoms. The molecule has 164 valence electrons. The minimum atomic E-state index is 0.642. The van der Waals surface area contributed by atoms with Gasteiger partial charge < -0.3 is 15.0 Å². The number of aromatic nitrogens is 3. The molecule has 0 atom stereocenters. The van der Waals surface area contributed by atoms with Crippen LogP contribution in [0.5, 0.6) is 0 Å². The Balaban J connectivity index is 1.51. The van der Waals surface area contributed by atoms with Gasteiger partial charge in [-0.15, -0.1) is 0 Å². The van der Waals surface area contributed by atoms with E-state index in [0.717, 1.165) is 60.7 Å². The molecule has 3 aromatic rings. The van der Waals surface area contributed by atoms with E-state index in [2.05, 4.69) is 38.0 Å². The van der Waals surface area contributed by atoms with Gasteiger partial charge in [-0.2, -0.15) is 0 Å². The first-order valence-corrected chi connectivity index (χ1v) is 11.0. The molecule has 1 aliphatic rings. The molecule has 1 saturated heterocycles. The maximum atomic E-state index is 5.45. The van der Waals surface area contributed by atoms with Crippen LogP contribution in [0.3, 0.4) is 0 Å². The molecule has 0 unspecified atom stereocenters. The van der Waals surface area contributed by atoms with E-state index in [9.17, 15) is 0 Å². The lowest BCUT2D eigenvalue weighted by Crippen LogP contribution is -2.22. The highest BCUT2D eigenvalue weighted by atomic mass is 16.5. The van der Waals surface area contributed by atoms with Crippen molar-refractivity contribution in [3.8, 4) is 11.3 Å². The fourth-order valence-electron chi connectivity index (χ4n) is 3.79. The van der Waals surface area contributed by atoms with Gasteiger partial charge in [-0.05, 0) is 55.7 Å². The van der Waals surface area contributed by atoms with Crippen molar-refractivity contribution in [3.05, 3.63) is 78.5 Å². The van der Waals surface area contributed by atoms with Crippen LogP contribution < -0.4 is 5.32 Å². The molecule has 2 N–H and O–H groups in total. The largest absolute Gasteiger partial charge is 0.384 e. The predicted octanol–water partition coefficient (Wildman–Crippen LogP) is 5.46. The highest BCUT2D eigenvalue weighted by Gasteiger charge is 2.14. The number of benzene rings is 1. The summed E-state index contributed by atoms with van der Waals surface area (Å²) in [5.74, 6) is 1.32. The number of ether oxygens (including phenoxy) is 1. The van der Waals surface area contributed by atoms with Crippen molar-refractivity contribution < 1.29 is 4.74 Å². The van der Waals surface area contributed by atoms with E-state index in [-0.39, 0.29) is 0 Å². The predicted molar refractivity (Wildman–Crippen MR) is 131 cm³/mol. The topological polar surface area (TPSA) is 75.2 Å². The first-order valence-electron chi connectivity index (χ1n) is 11.0. The highest BCUT2D eigenvalue weighted by molar-refractivity contribution is 5.84. The fourth-order valence-corrected chi connectivity index (χ4v) is 3.79. The average Bonchev–Trinajstić information content (AvgIpc) is 3.35. The summed E-state index contributed by atoms with van der Waals surface area (Å²) >= 11 is 0. The van der Waals surface area contributed by atoms with Crippen molar-refractivity contribution in [2.75, 3.05) is 25.1 Å². The number of nitrogens with one attached hydrogen (secondary N) is 2. The Morgan fingerprint density at radius 1 is 1.22 bits per heavy atom. The lowest BCUT2D eigenvalue weighted by Gasteiger charge is -2.22. The molecule has 0 radical (unpaired) electrons. The van der Waals surface area contributed by atoms with Gasteiger partial charge in [0.05, 0.1) is 17.6 Å². The Morgan fingerprint density at radius 2 is 2.03 bits per heavy atom. The van der Waals surface area contributed by atoms with Gasteiger partial charge in [0.15, 0.2) is 5.82 Å². The number of hydrogen-bond acceptors (Lipinski definition) is 5. The Bertz CT molecular complexity index is 1090. The number of H-pyrrole nitrogens is 1. The molecular weight excluding hydrogens is 398 g/mol. The number of allylic oxidation sites excluding steroid dienone is 3. The van der Waals surface area contributed by atoms with Gasteiger partial charge in [0, 0.05) is 37.7 Å². The van der Waals surface area contributed by atoms with Crippen molar-refractivity contribution in [1.29, 1.82) is 0 Å². The van der Waals surface area contributed by atoms with Gasteiger partial charge in [0.2, 0.25) is 0 Å². The quantitative estimate of drug-likeness (QED) is 0.370. The first-order chi connectivity index (χ1) is 15.8. The SMILES string of the molecule is C=N/C(=C\C(=C/C)c1cncc(NCC2CCOCC2)c1)c1ncc(-c2ccccc2)[nH]1. The Hall–Kier alpha value is -3.51. The maximum Gasteiger partial charge on any atom is 0.156 e. The van der Waals surface area contributed by atoms with Crippen LogP contribution in [0.1, 0.15) is 31.2 Å². The molecule has 0 amide bonds. The van der Waals surface area contributed by atoms with Crippen LogP contribution in [-0.4, -0.2) is 41.4 Å². The highest BCUT2D eigenvalue weighted by Crippen LogP contribution is 2.25.